The monoisotopic (exact) mass is 418 g/mol. The number of esters is 1. The van der Waals surface area contributed by atoms with Gasteiger partial charge in [-0.1, -0.05) is 35.3 Å². The van der Waals surface area contributed by atoms with Crippen molar-refractivity contribution in [3.8, 4) is 6.07 Å². The van der Waals surface area contributed by atoms with Crippen LogP contribution in [0.5, 0.6) is 0 Å². The molecule has 0 amide bonds. The molecule has 0 aromatic heterocycles. The van der Waals surface area contributed by atoms with Gasteiger partial charge in [-0.15, -0.1) is 0 Å². The molecule has 1 aliphatic rings. The predicted molar refractivity (Wildman–Crippen MR) is 102 cm³/mol. The van der Waals surface area contributed by atoms with E-state index in [1.807, 2.05) is 6.07 Å². The second kappa shape index (κ2) is 7.93. The first-order valence-corrected chi connectivity index (χ1v) is 8.74. The van der Waals surface area contributed by atoms with Gasteiger partial charge in [0.05, 0.1) is 23.6 Å². The number of nitrogens with two attached hydrogens (primary N) is 1. The predicted octanol–water partition coefficient (Wildman–Crippen LogP) is 4.52. The van der Waals surface area contributed by atoms with Crippen LogP contribution in [0.1, 0.15) is 17.0 Å². The first-order valence-electron chi connectivity index (χ1n) is 7.98. The van der Waals surface area contributed by atoms with E-state index < -0.39 is 17.7 Å². The van der Waals surface area contributed by atoms with Gasteiger partial charge < -0.3 is 15.2 Å². The molecule has 2 aromatic carbocycles. The molecule has 2 aromatic rings. The minimum Gasteiger partial charge on any atom is -0.466 e. The highest BCUT2D eigenvalue weighted by atomic mass is 35.5. The number of benzene rings is 2. The van der Waals surface area contributed by atoms with E-state index >= 15 is 0 Å². The molecule has 0 saturated heterocycles. The molecule has 2 N–H and O–H groups in total. The van der Waals surface area contributed by atoms with Crippen LogP contribution >= 0.6 is 23.2 Å². The summed E-state index contributed by atoms with van der Waals surface area (Å²) in [5.41, 5.74) is 6.79. The van der Waals surface area contributed by atoms with E-state index in [9.17, 15) is 14.4 Å². The van der Waals surface area contributed by atoms with Crippen molar-refractivity contribution in [2.75, 3.05) is 7.11 Å². The van der Waals surface area contributed by atoms with Gasteiger partial charge >= 0.3 is 5.97 Å². The summed E-state index contributed by atoms with van der Waals surface area (Å²) < 4.78 is 23.9. The van der Waals surface area contributed by atoms with Crippen molar-refractivity contribution >= 4 is 34.9 Å². The Labute approximate surface area is 170 Å². The van der Waals surface area contributed by atoms with Crippen LogP contribution in [-0.4, -0.2) is 13.1 Å². The number of allylic oxidation sites excluding steroid dienone is 1. The molecule has 3 rings (SSSR count). The van der Waals surface area contributed by atoms with Crippen molar-refractivity contribution in [2.24, 2.45) is 5.73 Å². The van der Waals surface area contributed by atoms with E-state index in [2.05, 4.69) is 0 Å². The molecule has 5 nitrogen and oxygen atoms in total. The molecule has 1 aliphatic heterocycles. The fourth-order valence-electron chi connectivity index (χ4n) is 2.94. The summed E-state index contributed by atoms with van der Waals surface area (Å²) in [5.74, 6) is -2.27. The summed E-state index contributed by atoms with van der Waals surface area (Å²) >= 11 is 12.2. The van der Waals surface area contributed by atoms with E-state index in [1.54, 1.807) is 12.1 Å². The Bertz CT molecular complexity index is 1060. The molecule has 0 fully saturated rings. The Morgan fingerprint density at radius 3 is 2.50 bits per heavy atom. The van der Waals surface area contributed by atoms with E-state index in [1.165, 1.54) is 37.4 Å². The van der Waals surface area contributed by atoms with Crippen LogP contribution in [-0.2, 0) is 14.3 Å². The molecule has 1 heterocycles. The van der Waals surface area contributed by atoms with E-state index in [0.717, 1.165) is 0 Å². The summed E-state index contributed by atoms with van der Waals surface area (Å²) in [6.07, 6.45) is 0. The normalized spacial score (nSPS) is 16.5. The van der Waals surface area contributed by atoms with Crippen LogP contribution in [0.25, 0.3) is 5.76 Å². The summed E-state index contributed by atoms with van der Waals surface area (Å²) in [4.78, 5) is 12.7. The SMILES string of the molecule is COC(=O)C1=C(c2ccc(Cl)cc2Cl)OC(N)=C(C#N)C1c1ccc(F)cc1. The third kappa shape index (κ3) is 3.55. The zero-order chi connectivity index (χ0) is 20.4. The maximum atomic E-state index is 13.4. The zero-order valence-corrected chi connectivity index (χ0v) is 16.0. The van der Waals surface area contributed by atoms with Crippen LogP contribution in [0.4, 0.5) is 4.39 Å². The molecule has 0 aliphatic carbocycles. The molecule has 142 valence electrons. The Kier molecular flexibility index (Phi) is 5.59. The highest BCUT2D eigenvalue weighted by molar-refractivity contribution is 6.35. The number of rotatable bonds is 3. The average Bonchev–Trinajstić information content (AvgIpc) is 2.67. The second-order valence-corrected chi connectivity index (χ2v) is 6.68. The van der Waals surface area contributed by atoms with Crippen LogP contribution in [0.2, 0.25) is 10.0 Å². The number of hydrogen-bond acceptors (Lipinski definition) is 5. The van der Waals surface area contributed by atoms with Gasteiger partial charge in [0, 0.05) is 10.6 Å². The highest BCUT2D eigenvalue weighted by Crippen LogP contribution is 2.44. The van der Waals surface area contributed by atoms with Gasteiger partial charge in [0.25, 0.3) is 0 Å². The Hall–Kier alpha value is -3.01. The topological polar surface area (TPSA) is 85.3 Å². The number of nitriles is 1. The molecule has 1 atom stereocenters. The van der Waals surface area contributed by atoms with Crippen LogP contribution in [0.3, 0.4) is 0 Å². The maximum absolute atomic E-state index is 13.4. The van der Waals surface area contributed by atoms with E-state index in [4.69, 9.17) is 38.4 Å². The number of halogens is 3. The smallest absolute Gasteiger partial charge is 0.338 e. The molecule has 1 unspecified atom stereocenters. The summed E-state index contributed by atoms with van der Waals surface area (Å²) in [5, 5.41) is 10.2. The minimum atomic E-state index is -0.923. The van der Waals surface area contributed by atoms with Crippen molar-refractivity contribution in [3.63, 3.8) is 0 Å². The molecule has 8 heteroatoms. The Morgan fingerprint density at radius 2 is 1.93 bits per heavy atom. The zero-order valence-electron chi connectivity index (χ0n) is 14.5. The van der Waals surface area contributed by atoms with Gasteiger partial charge in [-0.2, -0.15) is 5.26 Å². The molecule has 0 radical (unpaired) electrons. The molecule has 0 saturated carbocycles. The fraction of sp³-hybridized carbons (Fsp3) is 0.100. The van der Waals surface area contributed by atoms with Gasteiger partial charge in [-0.3, -0.25) is 0 Å². The maximum Gasteiger partial charge on any atom is 0.338 e. The highest BCUT2D eigenvalue weighted by Gasteiger charge is 2.38. The quantitative estimate of drug-likeness (QED) is 0.740. The number of carbonyl (C=O) groups is 1. The average molecular weight is 419 g/mol. The Morgan fingerprint density at radius 1 is 1.25 bits per heavy atom. The summed E-state index contributed by atoms with van der Waals surface area (Å²) in [6, 6.07) is 11.9. The lowest BCUT2D eigenvalue weighted by Gasteiger charge is -2.28. The number of hydrogen-bond donors (Lipinski definition) is 1. The number of ether oxygens (including phenoxy) is 2. The first-order chi connectivity index (χ1) is 13.4. The van der Waals surface area contributed by atoms with Crippen LogP contribution in [0, 0.1) is 17.1 Å². The van der Waals surface area contributed by atoms with Gasteiger partial charge in [0.2, 0.25) is 5.88 Å². The second-order valence-electron chi connectivity index (χ2n) is 5.83. The molecular weight excluding hydrogens is 406 g/mol. The standard InChI is InChI=1S/C20H13Cl2FN2O3/c1-27-20(26)17-16(10-2-5-12(23)6-3-10)14(9-24)19(25)28-18(17)13-7-4-11(21)8-15(13)22/h2-8,16H,25H2,1H3. The summed E-state index contributed by atoms with van der Waals surface area (Å²) in [7, 11) is 1.20. The molecule has 28 heavy (non-hydrogen) atoms. The third-order valence-electron chi connectivity index (χ3n) is 4.20. The van der Waals surface area contributed by atoms with Gasteiger partial charge in [0.1, 0.15) is 23.2 Å². The fourth-order valence-corrected chi connectivity index (χ4v) is 3.43. The first kappa shape index (κ1) is 19.7. The van der Waals surface area contributed by atoms with Crippen molar-refractivity contribution in [1.82, 2.24) is 0 Å². The largest absolute Gasteiger partial charge is 0.466 e. The van der Waals surface area contributed by atoms with E-state index in [0.29, 0.717) is 16.1 Å². The Balaban J connectivity index is 2.32. The number of carbonyl (C=O) groups excluding carboxylic acids is 1. The number of methoxy groups -OCH3 is 1. The molecular formula is C20H13Cl2FN2O3. The van der Waals surface area contributed by atoms with Gasteiger partial charge in [0.15, 0.2) is 0 Å². The van der Waals surface area contributed by atoms with Gasteiger partial charge in [-0.25, -0.2) is 9.18 Å². The lowest BCUT2D eigenvalue weighted by molar-refractivity contribution is -0.136. The van der Waals surface area contributed by atoms with Crippen LogP contribution < -0.4 is 5.73 Å². The van der Waals surface area contributed by atoms with Crippen molar-refractivity contribution in [2.45, 2.75) is 5.92 Å². The van der Waals surface area contributed by atoms with Crippen molar-refractivity contribution in [1.29, 1.82) is 5.26 Å². The lowest BCUT2D eigenvalue weighted by Crippen LogP contribution is -2.25. The third-order valence-corrected chi connectivity index (χ3v) is 4.75. The molecule has 0 spiro atoms. The summed E-state index contributed by atoms with van der Waals surface area (Å²) in [6.45, 7) is 0. The van der Waals surface area contributed by atoms with Crippen LogP contribution in [0.15, 0.2) is 59.5 Å². The lowest BCUT2D eigenvalue weighted by atomic mass is 9.82. The van der Waals surface area contributed by atoms with Crippen molar-refractivity contribution in [3.05, 3.63) is 86.5 Å². The number of nitrogens with zero attached hydrogens (tertiary/aromatic N) is 1. The molecule has 0 bridgehead atoms. The van der Waals surface area contributed by atoms with Gasteiger partial charge in [-0.05, 0) is 35.9 Å². The van der Waals surface area contributed by atoms with Crippen molar-refractivity contribution < 1.29 is 18.7 Å². The van der Waals surface area contributed by atoms with E-state index in [-0.39, 0.29) is 27.8 Å². The minimum absolute atomic E-state index is 0.000782.